The zero-order valence-corrected chi connectivity index (χ0v) is 12.0. The number of nitriles is 1. The fourth-order valence-electron chi connectivity index (χ4n) is 2.10. The number of pyridine rings is 1. The highest BCUT2D eigenvalue weighted by Crippen LogP contribution is 2.36. The van der Waals surface area contributed by atoms with E-state index in [4.69, 9.17) is 5.26 Å². The van der Waals surface area contributed by atoms with Gasteiger partial charge in [0.05, 0.1) is 10.5 Å². The topological polar surface area (TPSA) is 109 Å². The zero-order chi connectivity index (χ0) is 18.1. The Morgan fingerprint density at radius 3 is 2.50 bits per heavy atom. The van der Waals surface area contributed by atoms with E-state index in [0.717, 1.165) is 18.2 Å². The molecular formula is C14H8F3N3O4. The number of nitrogens with one attached hydrogen (secondary N) is 1. The zero-order valence-electron chi connectivity index (χ0n) is 12.0. The molecular weight excluding hydrogens is 331 g/mol. The van der Waals surface area contributed by atoms with Gasteiger partial charge in [-0.25, -0.2) is 0 Å². The van der Waals surface area contributed by atoms with Crippen molar-refractivity contribution < 1.29 is 22.8 Å². The van der Waals surface area contributed by atoms with Crippen molar-refractivity contribution in [1.82, 2.24) is 4.98 Å². The second-order valence-electron chi connectivity index (χ2n) is 4.67. The quantitative estimate of drug-likeness (QED) is 0.683. The van der Waals surface area contributed by atoms with Crippen LogP contribution in [0.15, 0.2) is 29.1 Å². The van der Waals surface area contributed by atoms with E-state index in [9.17, 15) is 28.1 Å². The first-order valence-corrected chi connectivity index (χ1v) is 6.31. The van der Waals surface area contributed by atoms with Gasteiger partial charge in [-0.15, -0.1) is 13.2 Å². The van der Waals surface area contributed by atoms with Crippen LogP contribution in [0, 0.1) is 28.4 Å². The molecule has 0 aliphatic rings. The molecule has 1 aromatic carbocycles. The van der Waals surface area contributed by atoms with Gasteiger partial charge in [-0.2, -0.15) is 5.26 Å². The van der Waals surface area contributed by atoms with Crippen molar-refractivity contribution in [2.24, 2.45) is 0 Å². The number of aryl methyl sites for hydroxylation is 1. The van der Waals surface area contributed by atoms with Gasteiger partial charge in [-0.1, -0.05) is 0 Å². The van der Waals surface area contributed by atoms with E-state index in [2.05, 4.69) is 9.72 Å². The molecule has 1 heterocycles. The Balaban J connectivity index is 2.77. The molecule has 24 heavy (non-hydrogen) atoms. The first-order valence-electron chi connectivity index (χ1n) is 6.31. The van der Waals surface area contributed by atoms with Gasteiger partial charge >= 0.3 is 6.36 Å². The summed E-state index contributed by atoms with van der Waals surface area (Å²) in [6, 6.07) is 5.21. The number of halogens is 3. The molecule has 0 atom stereocenters. The van der Waals surface area contributed by atoms with Crippen molar-refractivity contribution in [2.75, 3.05) is 0 Å². The number of hydrogen-bond donors (Lipinski definition) is 1. The Morgan fingerprint density at radius 1 is 1.29 bits per heavy atom. The number of aromatic amines is 1. The van der Waals surface area contributed by atoms with Crippen molar-refractivity contribution in [3.05, 3.63) is 56.0 Å². The van der Waals surface area contributed by atoms with Crippen LogP contribution in [0.25, 0.3) is 11.1 Å². The number of nitrogens with zero attached hydrogens (tertiary/aromatic N) is 2. The normalized spacial score (nSPS) is 11.0. The maximum atomic E-state index is 12.3. The van der Waals surface area contributed by atoms with Crippen LogP contribution in [0.3, 0.4) is 0 Å². The molecule has 2 rings (SSSR count). The third-order valence-electron chi connectivity index (χ3n) is 2.97. The van der Waals surface area contributed by atoms with Crippen LogP contribution in [0.2, 0.25) is 0 Å². The molecule has 7 nitrogen and oxygen atoms in total. The molecule has 0 unspecified atom stereocenters. The summed E-state index contributed by atoms with van der Waals surface area (Å²) in [5.41, 5.74) is -2.01. The maximum absolute atomic E-state index is 12.3. The molecule has 0 aliphatic heterocycles. The van der Waals surface area contributed by atoms with Crippen molar-refractivity contribution in [3.63, 3.8) is 0 Å². The molecule has 0 saturated carbocycles. The second-order valence-corrected chi connectivity index (χ2v) is 4.67. The lowest BCUT2D eigenvalue weighted by Crippen LogP contribution is -2.17. The molecule has 0 spiro atoms. The summed E-state index contributed by atoms with van der Waals surface area (Å²) in [6.07, 6.45) is -4.99. The number of H-pyrrole nitrogens is 1. The third kappa shape index (κ3) is 3.52. The molecule has 1 aromatic heterocycles. The molecule has 0 bridgehead atoms. The van der Waals surface area contributed by atoms with Gasteiger partial charge in [0.25, 0.3) is 11.2 Å². The van der Waals surface area contributed by atoms with Gasteiger partial charge < -0.3 is 9.72 Å². The number of benzene rings is 1. The van der Waals surface area contributed by atoms with Gasteiger partial charge in [0, 0.05) is 17.3 Å². The van der Waals surface area contributed by atoms with E-state index in [1.165, 1.54) is 13.0 Å². The van der Waals surface area contributed by atoms with E-state index in [0.29, 0.717) is 0 Å². The number of rotatable bonds is 3. The largest absolute Gasteiger partial charge is 0.573 e. The average Bonchev–Trinajstić information content (AvgIpc) is 2.44. The molecule has 0 saturated heterocycles. The number of hydrogen-bond acceptors (Lipinski definition) is 5. The molecule has 1 N–H and O–H groups in total. The summed E-state index contributed by atoms with van der Waals surface area (Å²) in [6.45, 7) is 1.47. The smallest absolute Gasteiger partial charge is 0.406 e. The predicted molar refractivity (Wildman–Crippen MR) is 75.3 cm³/mol. The number of nitro groups is 1. The summed E-state index contributed by atoms with van der Waals surface area (Å²) in [5.74, 6) is -0.704. The summed E-state index contributed by atoms with van der Waals surface area (Å²) in [7, 11) is 0. The minimum Gasteiger partial charge on any atom is -0.406 e. The molecule has 10 heteroatoms. The van der Waals surface area contributed by atoms with E-state index >= 15 is 0 Å². The predicted octanol–water partition coefficient (Wildman–Crippen LogP) is 3.03. The van der Waals surface area contributed by atoms with E-state index < -0.39 is 33.8 Å². The number of alkyl halides is 3. The summed E-state index contributed by atoms with van der Waals surface area (Å²) in [4.78, 5) is 24.4. The lowest BCUT2D eigenvalue weighted by atomic mass is 9.99. The lowest BCUT2D eigenvalue weighted by Gasteiger charge is -2.11. The number of nitro benzene ring substituents is 1. The van der Waals surface area contributed by atoms with Crippen LogP contribution in [0.4, 0.5) is 18.9 Å². The van der Waals surface area contributed by atoms with Gasteiger partial charge in [-0.05, 0) is 25.1 Å². The van der Waals surface area contributed by atoms with E-state index in [-0.39, 0.29) is 16.8 Å². The van der Waals surface area contributed by atoms with Crippen molar-refractivity contribution >= 4 is 5.69 Å². The number of ether oxygens (including phenoxy) is 1. The second kappa shape index (κ2) is 6.04. The van der Waals surface area contributed by atoms with Gasteiger partial charge in [0.15, 0.2) is 0 Å². The fraction of sp³-hybridized carbons (Fsp3) is 0.143. The van der Waals surface area contributed by atoms with Gasteiger partial charge in [0.1, 0.15) is 17.4 Å². The molecule has 2 aromatic rings. The van der Waals surface area contributed by atoms with Gasteiger partial charge in [-0.3, -0.25) is 14.9 Å². The monoisotopic (exact) mass is 339 g/mol. The summed E-state index contributed by atoms with van der Waals surface area (Å²) >= 11 is 0. The van der Waals surface area contributed by atoms with Crippen molar-refractivity contribution in [3.8, 4) is 22.9 Å². The van der Waals surface area contributed by atoms with Crippen LogP contribution < -0.4 is 10.3 Å². The van der Waals surface area contributed by atoms with Crippen molar-refractivity contribution in [2.45, 2.75) is 13.3 Å². The van der Waals surface area contributed by atoms with Crippen LogP contribution in [-0.4, -0.2) is 16.3 Å². The standard InChI is InChI=1S/C14H8F3N3O4/c1-7-4-9(11(6-18)13(21)19-7)10-5-8(24-14(15,16)17)2-3-12(10)20(22)23/h2-5H,1H3,(H,19,21). The minimum absolute atomic E-state index is 0.155. The highest BCUT2D eigenvalue weighted by atomic mass is 19.4. The maximum Gasteiger partial charge on any atom is 0.573 e. The van der Waals surface area contributed by atoms with E-state index in [1.54, 1.807) is 6.07 Å². The highest BCUT2D eigenvalue weighted by molar-refractivity contribution is 5.79. The SMILES string of the molecule is Cc1cc(-c2cc(OC(F)(F)F)ccc2[N+](=O)[O-])c(C#N)c(=O)[nH]1. The lowest BCUT2D eigenvalue weighted by molar-refractivity contribution is -0.384. The molecule has 0 radical (unpaired) electrons. The van der Waals surface area contributed by atoms with Crippen LogP contribution >= 0.6 is 0 Å². The molecule has 0 amide bonds. The Kier molecular flexibility index (Phi) is 4.28. The summed E-state index contributed by atoms with van der Waals surface area (Å²) in [5, 5.41) is 20.2. The van der Waals surface area contributed by atoms with Crippen LogP contribution in [-0.2, 0) is 0 Å². The number of aromatic nitrogens is 1. The minimum atomic E-state index is -4.99. The Labute approximate surface area is 132 Å². The Hall–Kier alpha value is -3.35. The first-order chi connectivity index (χ1) is 11.1. The average molecular weight is 339 g/mol. The Bertz CT molecular complexity index is 913. The third-order valence-corrected chi connectivity index (χ3v) is 2.97. The van der Waals surface area contributed by atoms with Crippen molar-refractivity contribution in [1.29, 1.82) is 5.26 Å². The van der Waals surface area contributed by atoms with Crippen LogP contribution in [0.1, 0.15) is 11.3 Å². The van der Waals surface area contributed by atoms with Crippen LogP contribution in [0.5, 0.6) is 5.75 Å². The van der Waals surface area contributed by atoms with E-state index in [1.807, 2.05) is 0 Å². The molecule has 124 valence electrons. The Morgan fingerprint density at radius 2 is 1.96 bits per heavy atom. The molecule has 0 fully saturated rings. The fourth-order valence-corrected chi connectivity index (χ4v) is 2.10. The highest BCUT2D eigenvalue weighted by Gasteiger charge is 2.32. The summed E-state index contributed by atoms with van der Waals surface area (Å²) < 4.78 is 40.8. The van der Waals surface area contributed by atoms with Gasteiger partial charge in [0.2, 0.25) is 0 Å². The first kappa shape index (κ1) is 17.0. The molecule has 0 aliphatic carbocycles.